The van der Waals surface area contributed by atoms with Gasteiger partial charge in [-0.25, -0.2) is 5.26 Å². The molecule has 0 aliphatic carbocycles. The lowest BCUT2D eigenvalue weighted by atomic mass is 10.1. The molecule has 0 saturated carbocycles. The Morgan fingerprint density at radius 2 is 1.31 bits per heavy atom. The van der Waals surface area contributed by atoms with Crippen LogP contribution in [0.4, 0.5) is 22.7 Å². The zero-order chi connectivity index (χ0) is 24.8. The number of nitrogens with zero attached hydrogens (tertiary/aromatic N) is 4. The van der Waals surface area contributed by atoms with Gasteiger partial charge >= 0.3 is 0 Å². The van der Waals surface area contributed by atoms with Crippen LogP contribution in [0.1, 0.15) is 5.56 Å². The Bertz CT molecular complexity index is 1510. The van der Waals surface area contributed by atoms with E-state index in [0.717, 1.165) is 17.6 Å². The summed E-state index contributed by atoms with van der Waals surface area (Å²) >= 11 is 0.821. The molecule has 10 nitrogen and oxygen atoms in total. The van der Waals surface area contributed by atoms with Crippen molar-refractivity contribution in [1.29, 1.82) is 0 Å². The van der Waals surface area contributed by atoms with Gasteiger partial charge in [0.15, 0.2) is 0 Å². The van der Waals surface area contributed by atoms with E-state index in [1.54, 1.807) is 36.4 Å². The van der Waals surface area contributed by atoms with Crippen molar-refractivity contribution in [3.8, 4) is 0 Å². The summed E-state index contributed by atoms with van der Waals surface area (Å²) in [7, 11) is -4.42. The van der Waals surface area contributed by atoms with Crippen molar-refractivity contribution >= 4 is 55.7 Å². The van der Waals surface area contributed by atoms with Crippen LogP contribution in [0.5, 0.6) is 0 Å². The number of hydrogen-bond donors (Lipinski definition) is 2. The fourth-order valence-electron chi connectivity index (χ4n) is 3.09. The quantitative estimate of drug-likeness (QED) is 0.0814. The van der Waals surface area contributed by atoms with Crippen molar-refractivity contribution in [2.24, 2.45) is 20.5 Å². The third kappa shape index (κ3) is 6.33. The predicted octanol–water partition coefficient (Wildman–Crippen LogP) is 7.65. The van der Waals surface area contributed by atoms with Crippen LogP contribution in [0.25, 0.3) is 10.8 Å². The number of rotatable bonds is 8. The van der Waals surface area contributed by atoms with Gasteiger partial charge in [0.05, 0.1) is 39.7 Å². The van der Waals surface area contributed by atoms with Gasteiger partial charge in [-0.1, -0.05) is 28.8 Å². The summed E-state index contributed by atoms with van der Waals surface area (Å²) < 4.78 is 37.3. The second-order valence-corrected chi connectivity index (χ2v) is 9.44. The van der Waals surface area contributed by atoms with Crippen molar-refractivity contribution in [3.63, 3.8) is 0 Å². The first-order valence-corrected chi connectivity index (χ1v) is 12.2. The normalized spacial score (nSPS) is 12.2. The standard InChI is InChI=1S/C23H18N4O6S2/c1-15-2-4-16(5-3-15)24-27-23-13-12-22(20-11-10-19(14-21(20)23)35(29,30)31)26-25-17-6-8-18(9-7-17)34-33-32-28/h2-14,28H,1H3,(H,29,30,31). The average Bonchev–Trinajstić information content (AvgIpc) is 2.86. The molecule has 0 spiro atoms. The number of benzene rings is 4. The Morgan fingerprint density at radius 3 is 1.89 bits per heavy atom. The van der Waals surface area contributed by atoms with E-state index in [1.807, 2.05) is 31.2 Å². The van der Waals surface area contributed by atoms with Crippen LogP contribution < -0.4 is 0 Å². The van der Waals surface area contributed by atoms with E-state index >= 15 is 0 Å². The molecular weight excluding hydrogens is 492 g/mol. The van der Waals surface area contributed by atoms with Crippen molar-refractivity contribution in [1.82, 2.24) is 0 Å². The minimum atomic E-state index is -4.42. The molecule has 0 atom stereocenters. The minimum absolute atomic E-state index is 0.270. The van der Waals surface area contributed by atoms with Gasteiger partial charge in [-0.15, -0.1) is 14.6 Å². The molecule has 4 rings (SSSR count). The van der Waals surface area contributed by atoms with Crippen molar-refractivity contribution in [2.45, 2.75) is 16.7 Å². The summed E-state index contributed by atoms with van der Waals surface area (Å²) in [6.45, 7) is 1.96. The summed E-state index contributed by atoms with van der Waals surface area (Å²) in [6.07, 6.45) is 0. The largest absolute Gasteiger partial charge is 0.294 e. The molecule has 0 bridgehead atoms. The molecule has 0 amide bonds. The lowest BCUT2D eigenvalue weighted by Crippen LogP contribution is -1.97. The molecular formula is C23H18N4O6S2. The molecule has 0 radical (unpaired) electrons. The van der Waals surface area contributed by atoms with Crippen molar-refractivity contribution < 1.29 is 27.6 Å². The summed E-state index contributed by atoms with van der Waals surface area (Å²) in [6, 6.07) is 21.7. The molecule has 0 aliphatic heterocycles. The molecule has 2 N–H and O–H groups in total. The van der Waals surface area contributed by atoms with Crippen LogP contribution in [0, 0.1) is 6.92 Å². The molecule has 35 heavy (non-hydrogen) atoms. The van der Waals surface area contributed by atoms with Gasteiger partial charge in [-0.3, -0.25) is 4.55 Å². The summed E-state index contributed by atoms with van der Waals surface area (Å²) in [4.78, 5) is 0.400. The van der Waals surface area contributed by atoms with Crippen LogP contribution in [0.2, 0.25) is 0 Å². The van der Waals surface area contributed by atoms with Crippen LogP contribution >= 0.6 is 12.0 Å². The smallest absolute Gasteiger partial charge is 0.282 e. The van der Waals surface area contributed by atoms with Gasteiger partial charge in [0, 0.05) is 15.7 Å². The molecule has 178 valence electrons. The molecule has 0 saturated heterocycles. The van der Waals surface area contributed by atoms with E-state index in [9.17, 15) is 13.0 Å². The molecule has 4 aromatic carbocycles. The molecule has 4 aromatic rings. The fraction of sp³-hybridized carbons (Fsp3) is 0.0435. The lowest BCUT2D eigenvalue weighted by Gasteiger charge is -2.07. The Balaban J connectivity index is 1.71. The van der Waals surface area contributed by atoms with E-state index in [1.165, 1.54) is 18.2 Å². The Hall–Kier alpha value is -3.52. The zero-order valence-electron chi connectivity index (χ0n) is 18.1. The number of fused-ring (bicyclic) bond motifs is 1. The molecule has 0 heterocycles. The second kappa shape index (κ2) is 10.8. The monoisotopic (exact) mass is 510 g/mol. The average molecular weight is 511 g/mol. The maximum Gasteiger partial charge on any atom is 0.294 e. The Kier molecular flexibility index (Phi) is 7.60. The topological polar surface area (TPSA) is 142 Å². The van der Waals surface area contributed by atoms with Crippen LogP contribution in [0.3, 0.4) is 0 Å². The first kappa shape index (κ1) is 24.6. The van der Waals surface area contributed by atoms with E-state index in [2.05, 4.69) is 29.8 Å². The highest BCUT2D eigenvalue weighted by atomic mass is 32.2. The molecule has 0 fully saturated rings. The van der Waals surface area contributed by atoms with Crippen LogP contribution in [-0.2, 0) is 19.5 Å². The minimum Gasteiger partial charge on any atom is -0.282 e. The van der Waals surface area contributed by atoms with E-state index in [0.29, 0.717) is 38.4 Å². The Labute approximate surface area is 204 Å². The summed E-state index contributed by atoms with van der Waals surface area (Å²) in [5, 5.41) is 29.8. The fourth-order valence-corrected chi connectivity index (χ4v) is 3.95. The van der Waals surface area contributed by atoms with E-state index in [-0.39, 0.29) is 4.90 Å². The second-order valence-electron chi connectivity index (χ2n) is 7.24. The number of aryl methyl sites for hydroxylation is 1. The SMILES string of the molecule is Cc1ccc(N=Nc2ccc(N=Nc3ccc(SOOO)cc3)c3ccc(S(=O)(=O)O)cc23)cc1. The summed E-state index contributed by atoms with van der Waals surface area (Å²) in [5.41, 5.74) is 3.13. The predicted molar refractivity (Wildman–Crippen MR) is 130 cm³/mol. The lowest BCUT2D eigenvalue weighted by molar-refractivity contribution is -0.432. The Morgan fingerprint density at radius 1 is 0.743 bits per heavy atom. The van der Waals surface area contributed by atoms with Crippen LogP contribution in [0.15, 0.2) is 109 Å². The maximum atomic E-state index is 11.7. The molecule has 0 aliphatic rings. The third-order valence-corrected chi connectivity index (χ3v) is 6.26. The highest BCUT2D eigenvalue weighted by molar-refractivity contribution is 7.94. The highest BCUT2D eigenvalue weighted by Crippen LogP contribution is 2.37. The van der Waals surface area contributed by atoms with Gasteiger partial charge in [0.25, 0.3) is 10.1 Å². The van der Waals surface area contributed by atoms with E-state index < -0.39 is 10.1 Å². The van der Waals surface area contributed by atoms with Gasteiger partial charge in [0.2, 0.25) is 0 Å². The van der Waals surface area contributed by atoms with Gasteiger partial charge in [0.1, 0.15) is 0 Å². The first-order chi connectivity index (χ1) is 16.8. The van der Waals surface area contributed by atoms with Crippen LogP contribution in [-0.4, -0.2) is 18.2 Å². The van der Waals surface area contributed by atoms with Crippen molar-refractivity contribution in [2.75, 3.05) is 0 Å². The zero-order valence-corrected chi connectivity index (χ0v) is 19.8. The van der Waals surface area contributed by atoms with E-state index in [4.69, 9.17) is 5.26 Å². The highest BCUT2D eigenvalue weighted by Gasteiger charge is 2.14. The first-order valence-electron chi connectivity index (χ1n) is 10.0. The van der Waals surface area contributed by atoms with Gasteiger partial charge in [-0.2, -0.15) is 18.6 Å². The third-order valence-electron chi connectivity index (χ3n) is 4.82. The number of hydrogen-bond acceptors (Lipinski definition) is 10. The number of azo groups is 2. The molecule has 12 heteroatoms. The maximum absolute atomic E-state index is 11.7. The van der Waals surface area contributed by atoms with Gasteiger partial charge in [-0.05, 0) is 67.6 Å². The van der Waals surface area contributed by atoms with Crippen molar-refractivity contribution in [3.05, 3.63) is 84.4 Å². The molecule has 0 aromatic heterocycles. The molecule has 0 unspecified atom stereocenters. The summed E-state index contributed by atoms with van der Waals surface area (Å²) in [5.74, 6) is 0. The van der Waals surface area contributed by atoms with Gasteiger partial charge < -0.3 is 0 Å².